The van der Waals surface area contributed by atoms with Crippen LogP contribution in [0.4, 0.5) is 10.2 Å². The van der Waals surface area contributed by atoms with E-state index in [0.717, 1.165) is 47.5 Å². The van der Waals surface area contributed by atoms with E-state index in [0.29, 0.717) is 38.0 Å². The molecule has 0 N–H and O–H groups in total. The van der Waals surface area contributed by atoms with Gasteiger partial charge in [0.2, 0.25) is 0 Å². The quantitative estimate of drug-likeness (QED) is 0.492. The van der Waals surface area contributed by atoms with Gasteiger partial charge in [0.25, 0.3) is 0 Å². The molecule has 38 heavy (non-hydrogen) atoms. The van der Waals surface area contributed by atoms with E-state index in [9.17, 15) is 0 Å². The van der Waals surface area contributed by atoms with E-state index in [4.69, 9.17) is 26.8 Å². The number of likely N-dealkylation sites (tertiary alicyclic amines) is 1. The number of aryl methyl sites for hydroxylation is 1. The van der Waals surface area contributed by atoms with Crippen molar-refractivity contribution in [2.45, 2.75) is 56.4 Å². The summed E-state index contributed by atoms with van der Waals surface area (Å²) in [5, 5.41) is 5.62. The SMILES string of the molecule is COc1nc(N2C[C@H](C)O[C@@H](C)C2)cc(-n2ncc3cc(C)c([C@@]4(S)CCN(C5COC5)CC4F)cc32)n1. The minimum Gasteiger partial charge on any atom is -0.467 e. The number of aromatic nitrogens is 4. The maximum Gasteiger partial charge on any atom is 0.320 e. The maximum absolute atomic E-state index is 15.8. The van der Waals surface area contributed by atoms with Crippen LogP contribution in [0, 0.1) is 6.92 Å². The zero-order valence-corrected chi connectivity index (χ0v) is 23.2. The molecule has 3 aliphatic rings. The third-order valence-corrected chi connectivity index (χ3v) is 8.78. The second-order valence-corrected chi connectivity index (χ2v) is 11.6. The highest BCUT2D eigenvalue weighted by Gasteiger charge is 2.45. The molecule has 0 bridgehead atoms. The summed E-state index contributed by atoms with van der Waals surface area (Å²) in [6.07, 6.45) is 1.50. The molecule has 11 heteroatoms. The average molecular weight is 543 g/mol. The Kier molecular flexibility index (Phi) is 6.74. The largest absolute Gasteiger partial charge is 0.467 e. The van der Waals surface area contributed by atoms with Gasteiger partial charge in [0.1, 0.15) is 12.0 Å². The summed E-state index contributed by atoms with van der Waals surface area (Å²) >= 11 is 5.00. The van der Waals surface area contributed by atoms with Crippen molar-refractivity contribution >= 4 is 29.3 Å². The fourth-order valence-corrected chi connectivity index (χ4v) is 6.38. The van der Waals surface area contributed by atoms with Gasteiger partial charge in [-0.25, -0.2) is 9.07 Å². The van der Waals surface area contributed by atoms with Crippen LogP contribution < -0.4 is 9.64 Å². The summed E-state index contributed by atoms with van der Waals surface area (Å²) in [6.45, 7) is 10.1. The van der Waals surface area contributed by atoms with E-state index in [-0.39, 0.29) is 18.2 Å². The van der Waals surface area contributed by atoms with Crippen LogP contribution in [0.1, 0.15) is 31.4 Å². The Balaban J connectivity index is 1.37. The number of hydrogen-bond donors (Lipinski definition) is 1. The first-order valence-electron chi connectivity index (χ1n) is 13.3. The molecule has 4 atom stereocenters. The number of benzene rings is 1. The lowest BCUT2D eigenvalue weighted by Crippen LogP contribution is -2.57. The lowest BCUT2D eigenvalue weighted by molar-refractivity contribution is -0.0827. The van der Waals surface area contributed by atoms with Crippen molar-refractivity contribution in [1.82, 2.24) is 24.6 Å². The average Bonchev–Trinajstić information content (AvgIpc) is 3.26. The molecule has 5 heterocycles. The van der Waals surface area contributed by atoms with E-state index in [1.54, 1.807) is 11.8 Å². The normalized spacial score (nSPS) is 29.0. The number of alkyl halides is 1. The number of morpholine rings is 1. The van der Waals surface area contributed by atoms with Gasteiger partial charge in [0, 0.05) is 37.6 Å². The Morgan fingerprint density at radius 3 is 2.47 bits per heavy atom. The molecule has 6 rings (SSSR count). The topological polar surface area (TPSA) is 77.8 Å². The Hall–Kier alpha value is -2.47. The third kappa shape index (κ3) is 4.53. The van der Waals surface area contributed by atoms with Crippen molar-refractivity contribution in [2.24, 2.45) is 0 Å². The minimum absolute atomic E-state index is 0.0858. The molecule has 0 amide bonds. The molecule has 0 spiro atoms. The van der Waals surface area contributed by atoms with E-state index in [1.165, 1.54) is 0 Å². The lowest BCUT2D eigenvalue weighted by Gasteiger charge is -2.47. The number of halogens is 1. The molecule has 2 aromatic heterocycles. The summed E-state index contributed by atoms with van der Waals surface area (Å²) in [6, 6.07) is 6.60. The molecule has 3 saturated heterocycles. The summed E-state index contributed by atoms with van der Waals surface area (Å²) in [7, 11) is 1.56. The standard InChI is InChI=1S/C27H35FN6O3S/c1-16-7-19-10-29-34(25-9-24(30-26(31-25)35-4)33-11-17(2)37-18(3)12-33)22(19)8-21(16)27(38)5-6-32(13-23(27)28)20-14-36-15-20/h7-10,17-18,20,23,38H,5-6,11-15H2,1-4H3/t17-,18-,23?,27-/m0/s1. The number of methoxy groups -OCH3 is 1. The van der Waals surface area contributed by atoms with Gasteiger partial charge in [-0.3, -0.25) is 4.90 Å². The highest BCUT2D eigenvalue weighted by molar-refractivity contribution is 7.81. The molecular formula is C27H35FN6O3S. The van der Waals surface area contributed by atoms with Crippen LogP contribution in [0.25, 0.3) is 16.7 Å². The molecule has 204 valence electrons. The Labute approximate surface area is 227 Å². The van der Waals surface area contributed by atoms with Gasteiger partial charge in [0.15, 0.2) is 5.82 Å². The number of rotatable bonds is 5. The fourth-order valence-electron chi connectivity index (χ4n) is 5.95. The highest BCUT2D eigenvalue weighted by atomic mass is 32.1. The monoisotopic (exact) mass is 542 g/mol. The third-order valence-electron chi connectivity index (χ3n) is 8.03. The van der Waals surface area contributed by atoms with E-state index < -0.39 is 10.9 Å². The Morgan fingerprint density at radius 1 is 1.08 bits per heavy atom. The number of nitrogens with zero attached hydrogens (tertiary/aromatic N) is 6. The first-order chi connectivity index (χ1) is 18.2. The summed E-state index contributed by atoms with van der Waals surface area (Å²) in [4.78, 5) is 13.6. The first kappa shape index (κ1) is 25.8. The number of piperidine rings is 1. The molecule has 9 nitrogen and oxygen atoms in total. The molecule has 3 aliphatic heterocycles. The van der Waals surface area contributed by atoms with Crippen LogP contribution in [-0.2, 0) is 14.2 Å². The van der Waals surface area contributed by atoms with Gasteiger partial charge >= 0.3 is 6.01 Å². The maximum atomic E-state index is 15.8. The zero-order valence-electron chi connectivity index (χ0n) is 22.3. The van der Waals surface area contributed by atoms with Crippen molar-refractivity contribution in [1.29, 1.82) is 0 Å². The summed E-state index contributed by atoms with van der Waals surface area (Å²) < 4.78 is 33.4. The van der Waals surface area contributed by atoms with Crippen molar-refractivity contribution in [2.75, 3.05) is 51.4 Å². The van der Waals surface area contributed by atoms with Gasteiger partial charge in [-0.2, -0.15) is 27.7 Å². The molecule has 3 fully saturated rings. The number of thiol groups is 1. The van der Waals surface area contributed by atoms with Crippen molar-refractivity contribution in [3.63, 3.8) is 0 Å². The molecule has 1 aromatic carbocycles. The number of anilines is 1. The zero-order chi connectivity index (χ0) is 26.6. The molecule has 0 radical (unpaired) electrons. The van der Waals surface area contributed by atoms with Gasteiger partial charge in [0.05, 0.1) is 55.0 Å². The van der Waals surface area contributed by atoms with Gasteiger partial charge in [-0.15, -0.1) is 0 Å². The second kappa shape index (κ2) is 9.93. The van der Waals surface area contributed by atoms with Crippen LogP contribution in [0.3, 0.4) is 0 Å². The predicted octanol–water partition coefficient (Wildman–Crippen LogP) is 3.31. The molecule has 0 saturated carbocycles. The lowest BCUT2D eigenvalue weighted by atomic mass is 9.83. The van der Waals surface area contributed by atoms with E-state index in [1.807, 2.05) is 25.3 Å². The fraction of sp³-hybridized carbons (Fsp3) is 0.593. The molecule has 3 aromatic rings. The van der Waals surface area contributed by atoms with Crippen molar-refractivity contribution in [3.05, 3.63) is 35.5 Å². The van der Waals surface area contributed by atoms with Crippen LogP contribution in [0.15, 0.2) is 24.4 Å². The van der Waals surface area contributed by atoms with Crippen LogP contribution >= 0.6 is 12.6 Å². The van der Waals surface area contributed by atoms with Crippen molar-refractivity contribution in [3.8, 4) is 11.8 Å². The molecule has 0 aliphatic carbocycles. The van der Waals surface area contributed by atoms with Crippen LogP contribution in [-0.4, -0.2) is 95.6 Å². The van der Waals surface area contributed by atoms with Gasteiger partial charge in [-0.05, 0) is 50.5 Å². The molecular weight excluding hydrogens is 507 g/mol. The Bertz CT molecular complexity index is 1330. The minimum atomic E-state index is -1.11. The van der Waals surface area contributed by atoms with Crippen LogP contribution in [0.5, 0.6) is 6.01 Å². The number of hydrogen-bond acceptors (Lipinski definition) is 9. The number of ether oxygens (including phenoxy) is 3. The molecule has 1 unspecified atom stereocenters. The van der Waals surface area contributed by atoms with E-state index >= 15 is 4.39 Å². The smallest absolute Gasteiger partial charge is 0.320 e. The van der Waals surface area contributed by atoms with Crippen LogP contribution in [0.2, 0.25) is 0 Å². The van der Waals surface area contributed by atoms with Gasteiger partial charge in [-0.1, -0.05) is 0 Å². The summed E-state index contributed by atoms with van der Waals surface area (Å²) in [5.41, 5.74) is 2.74. The Morgan fingerprint density at radius 2 is 1.82 bits per heavy atom. The van der Waals surface area contributed by atoms with E-state index in [2.05, 4.69) is 44.8 Å². The van der Waals surface area contributed by atoms with Crippen molar-refractivity contribution < 1.29 is 18.6 Å². The highest BCUT2D eigenvalue weighted by Crippen LogP contribution is 2.44. The predicted molar refractivity (Wildman–Crippen MR) is 147 cm³/mol. The first-order valence-corrected chi connectivity index (χ1v) is 13.7. The summed E-state index contributed by atoms with van der Waals surface area (Å²) in [5.74, 6) is 1.35. The number of fused-ring (bicyclic) bond motifs is 1. The van der Waals surface area contributed by atoms with Gasteiger partial charge < -0.3 is 19.1 Å². The second-order valence-electron chi connectivity index (χ2n) is 10.8.